The van der Waals surface area contributed by atoms with Gasteiger partial charge in [-0.2, -0.15) is 0 Å². The Kier molecular flexibility index (Phi) is 5.62. The number of rotatable bonds is 5. The number of methoxy groups -OCH3 is 1. The van der Waals surface area contributed by atoms with Crippen LogP contribution in [0, 0.1) is 0 Å². The number of ether oxygens (including phenoxy) is 1. The normalized spacial score (nSPS) is 23.7. The van der Waals surface area contributed by atoms with Crippen molar-refractivity contribution in [1.82, 2.24) is 14.9 Å². The number of nitrogens with zero attached hydrogens (tertiary/aromatic N) is 4. The highest BCUT2D eigenvalue weighted by molar-refractivity contribution is 5.30. The number of anilines is 1. The molecule has 0 spiro atoms. The second-order valence-corrected chi connectivity index (χ2v) is 6.51. The Morgan fingerprint density at radius 3 is 2.50 bits per heavy atom. The lowest BCUT2D eigenvalue weighted by Crippen LogP contribution is -2.41. The Morgan fingerprint density at radius 1 is 1.05 bits per heavy atom. The third-order valence-electron chi connectivity index (χ3n) is 4.82. The molecule has 2 saturated heterocycles. The first-order valence-electron chi connectivity index (χ1n) is 8.65. The summed E-state index contributed by atoms with van der Waals surface area (Å²) in [6, 6.07) is 0.542. The lowest BCUT2D eigenvalue weighted by molar-refractivity contribution is 0.0599. The van der Waals surface area contributed by atoms with Crippen LogP contribution in [-0.2, 0) is 11.3 Å². The summed E-state index contributed by atoms with van der Waals surface area (Å²) in [5.74, 6) is 0.899. The zero-order chi connectivity index (χ0) is 15.2. The van der Waals surface area contributed by atoms with Crippen LogP contribution in [0.3, 0.4) is 0 Å². The van der Waals surface area contributed by atoms with Gasteiger partial charge in [0.1, 0.15) is 0 Å². The van der Waals surface area contributed by atoms with Gasteiger partial charge in [0.2, 0.25) is 5.95 Å². The van der Waals surface area contributed by atoms with Crippen LogP contribution in [0.4, 0.5) is 5.95 Å². The van der Waals surface area contributed by atoms with Crippen LogP contribution < -0.4 is 4.90 Å². The van der Waals surface area contributed by atoms with Crippen LogP contribution in [0.15, 0.2) is 12.4 Å². The molecule has 5 heteroatoms. The van der Waals surface area contributed by atoms with Gasteiger partial charge >= 0.3 is 0 Å². The minimum Gasteiger partial charge on any atom is -0.383 e. The number of aromatic nitrogens is 2. The van der Waals surface area contributed by atoms with E-state index in [1.807, 2.05) is 12.4 Å². The van der Waals surface area contributed by atoms with Crippen molar-refractivity contribution in [3.8, 4) is 0 Å². The van der Waals surface area contributed by atoms with Crippen molar-refractivity contribution >= 4 is 5.95 Å². The third-order valence-corrected chi connectivity index (χ3v) is 4.82. The van der Waals surface area contributed by atoms with E-state index in [2.05, 4.69) is 19.8 Å². The Bertz CT molecular complexity index is 442. The SMILES string of the molecule is COCC1CCCCN1Cc1cnc(N2CCCCC2)nc1. The number of likely N-dealkylation sites (tertiary alicyclic amines) is 1. The van der Waals surface area contributed by atoms with Crippen LogP contribution in [0.25, 0.3) is 0 Å². The highest BCUT2D eigenvalue weighted by Gasteiger charge is 2.22. The van der Waals surface area contributed by atoms with Gasteiger partial charge in [0.25, 0.3) is 0 Å². The number of hydrogen-bond acceptors (Lipinski definition) is 5. The summed E-state index contributed by atoms with van der Waals surface area (Å²) < 4.78 is 5.37. The fourth-order valence-electron chi connectivity index (χ4n) is 3.57. The first kappa shape index (κ1) is 15.7. The molecule has 3 rings (SSSR count). The molecule has 0 radical (unpaired) electrons. The van der Waals surface area contributed by atoms with E-state index in [9.17, 15) is 0 Å². The van der Waals surface area contributed by atoms with Crippen molar-refractivity contribution in [3.05, 3.63) is 18.0 Å². The van der Waals surface area contributed by atoms with E-state index in [-0.39, 0.29) is 0 Å². The molecule has 0 N–H and O–H groups in total. The summed E-state index contributed by atoms with van der Waals surface area (Å²) in [5.41, 5.74) is 1.21. The standard InChI is InChI=1S/C17H28N4O/c1-22-14-16-7-3-6-10-21(16)13-15-11-18-17(19-12-15)20-8-4-2-5-9-20/h11-12,16H,2-10,13-14H2,1H3. The minimum absolute atomic E-state index is 0.542. The van der Waals surface area contributed by atoms with Crippen LogP contribution in [0.1, 0.15) is 44.1 Å². The molecule has 22 heavy (non-hydrogen) atoms. The number of piperidine rings is 2. The second-order valence-electron chi connectivity index (χ2n) is 6.51. The Balaban J connectivity index is 1.59. The molecular weight excluding hydrogens is 276 g/mol. The zero-order valence-corrected chi connectivity index (χ0v) is 13.7. The summed E-state index contributed by atoms with van der Waals surface area (Å²) in [7, 11) is 1.79. The summed E-state index contributed by atoms with van der Waals surface area (Å²) in [5, 5.41) is 0. The van der Waals surface area contributed by atoms with Crippen molar-refractivity contribution in [1.29, 1.82) is 0 Å². The molecule has 1 atom stereocenters. The van der Waals surface area contributed by atoms with Crippen molar-refractivity contribution in [2.75, 3.05) is 38.3 Å². The van der Waals surface area contributed by atoms with Crippen molar-refractivity contribution < 1.29 is 4.74 Å². The first-order chi connectivity index (χ1) is 10.9. The molecule has 3 heterocycles. The molecule has 5 nitrogen and oxygen atoms in total. The molecular formula is C17H28N4O. The van der Waals surface area contributed by atoms with Gasteiger partial charge in [-0.25, -0.2) is 9.97 Å². The molecule has 2 fully saturated rings. The van der Waals surface area contributed by atoms with E-state index in [4.69, 9.17) is 4.74 Å². The first-order valence-corrected chi connectivity index (χ1v) is 8.65. The molecule has 2 aliphatic rings. The van der Waals surface area contributed by atoms with Gasteiger partial charge in [-0.1, -0.05) is 6.42 Å². The molecule has 0 aliphatic carbocycles. The van der Waals surface area contributed by atoms with Gasteiger partial charge < -0.3 is 9.64 Å². The van der Waals surface area contributed by atoms with Gasteiger partial charge in [0.05, 0.1) is 6.61 Å². The van der Waals surface area contributed by atoms with Crippen molar-refractivity contribution in [2.24, 2.45) is 0 Å². The predicted molar refractivity (Wildman–Crippen MR) is 88.0 cm³/mol. The van der Waals surface area contributed by atoms with E-state index in [0.717, 1.165) is 38.7 Å². The van der Waals surface area contributed by atoms with E-state index in [0.29, 0.717) is 6.04 Å². The molecule has 1 aromatic rings. The Morgan fingerprint density at radius 2 is 1.77 bits per heavy atom. The highest BCUT2D eigenvalue weighted by atomic mass is 16.5. The van der Waals surface area contributed by atoms with E-state index in [1.165, 1.54) is 44.1 Å². The molecule has 2 aliphatic heterocycles. The van der Waals surface area contributed by atoms with Crippen LogP contribution in [-0.4, -0.2) is 54.3 Å². The van der Waals surface area contributed by atoms with Crippen LogP contribution in [0.5, 0.6) is 0 Å². The average Bonchev–Trinajstić information content (AvgIpc) is 2.58. The molecule has 0 saturated carbocycles. The van der Waals surface area contributed by atoms with Crippen LogP contribution >= 0.6 is 0 Å². The van der Waals surface area contributed by atoms with E-state index < -0.39 is 0 Å². The fourth-order valence-corrected chi connectivity index (χ4v) is 3.57. The fraction of sp³-hybridized carbons (Fsp3) is 0.765. The van der Waals surface area contributed by atoms with Crippen LogP contribution in [0.2, 0.25) is 0 Å². The van der Waals surface area contributed by atoms with Gasteiger partial charge in [0, 0.05) is 50.7 Å². The van der Waals surface area contributed by atoms with Gasteiger partial charge in [-0.3, -0.25) is 4.90 Å². The lowest BCUT2D eigenvalue weighted by Gasteiger charge is -2.35. The Labute approximate surface area is 133 Å². The molecule has 1 aromatic heterocycles. The smallest absolute Gasteiger partial charge is 0.225 e. The van der Waals surface area contributed by atoms with Crippen molar-refractivity contribution in [2.45, 2.75) is 51.1 Å². The molecule has 0 amide bonds. The minimum atomic E-state index is 0.542. The van der Waals surface area contributed by atoms with Gasteiger partial charge in [-0.15, -0.1) is 0 Å². The monoisotopic (exact) mass is 304 g/mol. The maximum absolute atomic E-state index is 5.37. The van der Waals surface area contributed by atoms with Gasteiger partial charge in [0.15, 0.2) is 0 Å². The lowest BCUT2D eigenvalue weighted by atomic mass is 10.0. The van der Waals surface area contributed by atoms with Crippen molar-refractivity contribution in [3.63, 3.8) is 0 Å². The quantitative estimate of drug-likeness (QED) is 0.836. The zero-order valence-electron chi connectivity index (χ0n) is 13.7. The number of hydrogen-bond donors (Lipinski definition) is 0. The highest BCUT2D eigenvalue weighted by Crippen LogP contribution is 2.20. The molecule has 1 unspecified atom stereocenters. The largest absolute Gasteiger partial charge is 0.383 e. The van der Waals surface area contributed by atoms with E-state index >= 15 is 0 Å². The summed E-state index contributed by atoms with van der Waals surface area (Å²) in [6.45, 7) is 5.12. The topological polar surface area (TPSA) is 41.5 Å². The maximum atomic E-state index is 5.37. The Hall–Kier alpha value is -1.20. The molecule has 122 valence electrons. The molecule has 0 aromatic carbocycles. The second kappa shape index (κ2) is 7.88. The third kappa shape index (κ3) is 3.96. The van der Waals surface area contributed by atoms with E-state index in [1.54, 1.807) is 7.11 Å². The molecule has 0 bridgehead atoms. The summed E-state index contributed by atoms with van der Waals surface area (Å²) in [6.07, 6.45) is 11.7. The summed E-state index contributed by atoms with van der Waals surface area (Å²) in [4.78, 5) is 14.0. The summed E-state index contributed by atoms with van der Waals surface area (Å²) >= 11 is 0. The average molecular weight is 304 g/mol. The maximum Gasteiger partial charge on any atom is 0.225 e. The van der Waals surface area contributed by atoms with Gasteiger partial charge in [-0.05, 0) is 38.6 Å². The predicted octanol–water partition coefficient (Wildman–Crippen LogP) is 2.47.